The quantitative estimate of drug-likeness (QED) is 0.748. The van der Waals surface area contributed by atoms with E-state index in [4.69, 9.17) is 7.85 Å². The molecule has 7 heteroatoms. The third-order valence-electron chi connectivity index (χ3n) is 4.37. The number of hydrogen-bond donors (Lipinski definition) is 0. The fraction of sp³-hybridized carbons (Fsp3) is 0.375. The van der Waals surface area contributed by atoms with Gasteiger partial charge in [0.05, 0.1) is 11.2 Å². The molecule has 0 aliphatic carbocycles. The van der Waals surface area contributed by atoms with E-state index in [2.05, 4.69) is 0 Å². The largest absolute Gasteiger partial charge is 0.366 e. The van der Waals surface area contributed by atoms with Gasteiger partial charge in [-0.15, -0.1) is 0 Å². The Bertz CT molecular complexity index is 841. The molecule has 2 radical (unpaired) electrons. The molecule has 1 aliphatic heterocycles. The van der Waals surface area contributed by atoms with Crippen LogP contribution in [0, 0.1) is 12.7 Å². The standard InChI is InChI=1S/C16H17BFN3O2/c1-10-9-19(2)13-8-14(12(18)7-11(13)15(10)22)20-3-5-21(6-4-20)16(17)23/h7-9H,3-6H2,1-2H3. The lowest BCUT2D eigenvalue weighted by atomic mass is 10.1. The van der Waals surface area contributed by atoms with Gasteiger partial charge in [-0.3, -0.25) is 9.59 Å². The first-order chi connectivity index (χ1) is 10.9. The molecule has 1 aromatic carbocycles. The summed E-state index contributed by atoms with van der Waals surface area (Å²) in [7, 11) is 7.10. The van der Waals surface area contributed by atoms with Crippen molar-refractivity contribution < 1.29 is 9.18 Å². The monoisotopic (exact) mass is 313 g/mol. The highest BCUT2D eigenvalue weighted by Crippen LogP contribution is 2.25. The van der Waals surface area contributed by atoms with Crippen molar-refractivity contribution in [3.05, 3.63) is 39.9 Å². The van der Waals surface area contributed by atoms with Crippen LogP contribution in [-0.2, 0) is 7.05 Å². The smallest absolute Gasteiger partial charge is 0.200 e. The summed E-state index contributed by atoms with van der Waals surface area (Å²) in [6.07, 6.45) is 1.75. The summed E-state index contributed by atoms with van der Waals surface area (Å²) in [5.41, 5.74) is 1.57. The van der Waals surface area contributed by atoms with Gasteiger partial charge >= 0.3 is 0 Å². The molecule has 1 aliphatic rings. The Balaban J connectivity index is 2.01. The van der Waals surface area contributed by atoms with Crippen molar-refractivity contribution in [3.8, 4) is 0 Å². The fourth-order valence-electron chi connectivity index (χ4n) is 3.07. The van der Waals surface area contributed by atoms with Crippen LogP contribution in [-0.4, -0.2) is 49.3 Å². The number of piperazine rings is 1. The van der Waals surface area contributed by atoms with Gasteiger partial charge in [0.1, 0.15) is 5.82 Å². The Morgan fingerprint density at radius 1 is 1.22 bits per heavy atom. The third-order valence-corrected chi connectivity index (χ3v) is 4.37. The van der Waals surface area contributed by atoms with Crippen molar-refractivity contribution in [3.63, 3.8) is 0 Å². The molecule has 1 amide bonds. The molecule has 1 saturated heterocycles. The van der Waals surface area contributed by atoms with Crippen LogP contribution in [0.5, 0.6) is 0 Å². The first-order valence-corrected chi connectivity index (χ1v) is 7.47. The summed E-state index contributed by atoms with van der Waals surface area (Å²) in [5, 5.41) is 0.379. The first-order valence-electron chi connectivity index (χ1n) is 7.47. The first kappa shape index (κ1) is 15.6. The van der Waals surface area contributed by atoms with Crippen LogP contribution in [0.4, 0.5) is 14.9 Å². The summed E-state index contributed by atoms with van der Waals surface area (Å²) < 4.78 is 16.3. The second-order valence-electron chi connectivity index (χ2n) is 5.89. The van der Waals surface area contributed by atoms with Crippen molar-refractivity contribution in [2.45, 2.75) is 6.92 Å². The average molecular weight is 313 g/mol. The number of rotatable bonds is 1. The number of benzene rings is 1. The molecule has 3 rings (SSSR count). The molecule has 0 N–H and O–H groups in total. The number of aromatic nitrogens is 1. The second-order valence-corrected chi connectivity index (χ2v) is 5.89. The maximum Gasteiger partial charge on any atom is 0.200 e. The molecular weight excluding hydrogens is 296 g/mol. The van der Waals surface area contributed by atoms with Crippen LogP contribution >= 0.6 is 0 Å². The van der Waals surface area contributed by atoms with E-state index in [0.29, 0.717) is 48.3 Å². The number of carbonyl (C=O) groups excluding carboxylic acids is 1. The van der Waals surface area contributed by atoms with E-state index >= 15 is 0 Å². The zero-order valence-electron chi connectivity index (χ0n) is 13.2. The van der Waals surface area contributed by atoms with Crippen LogP contribution in [0.2, 0.25) is 0 Å². The number of amides is 1. The van der Waals surface area contributed by atoms with Gasteiger partial charge in [-0.2, -0.15) is 0 Å². The lowest BCUT2D eigenvalue weighted by Gasteiger charge is -2.36. The molecule has 0 saturated carbocycles. The molecule has 1 aromatic heterocycles. The van der Waals surface area contributed by atoms with E-state index in [1.54, 1.807) is 19.2 Å². The van der Waals surface area contributed by atoms with Crippen LogP contribution in [0.3, 0.4) is 0 Å². The van der Waals surface area contributed by atoms with Gasteiger partial charge in [0.2, 0.25) is 7.85 Å². The minimum atomic E-state index is -0.457. The molecular formula is C16H17BFN3O2. The minimum Gasteiger partial charge on any atom is -0.366 e. The van der Waals surface area contributed by atoms with Gasteiger partial charge in [-0.25, -0.2) is 4.39 Å². The molecule has 5 nitrogen and oxygen atoms in total. The summed E-state index contributed by atoms with van der Waals surface area (Å²) in [4.78, 5) is 26.8. The molecule has 0 atom stereocenters. The Labute approximate surface area is 134 Å². The zero-order valence-corrected chi connectivity index (χ0v) is 13.2. The maximum absolute atomic E-state index is 14.5. The Morgan fingerprint density at radius 3 is 2.48 bits per heavy atom. The topological polar surface area (TPSA) is 45.6 Å². The number of anilines is 1. The lowest BCUT2D eigenvalue weighted by Crippen LogP contribution is -2.48. The highest BCUT2D eigenvalue weighted by Gasteiger charge is 2.21. The van der Waals surface area contributed by atoms with Crippen molar-refractivity contribution in [1.29, 1.82) is 0 Å². The highest BCUT2D eigenvalue weighted by atomic mass is 19.1. The van der Waals surface area contributed by atoms with Gasteiger partial charge in [0.15, 0.2) is 11.2 Å². The van der Waals surface area contributed by atoms with Crippen LogP contribution in [0.25, 0.3) is 10.9 Å². The number of fused-ring (bicyclic) bond motifs is 1. The lowest BCUT2D eigenvalue weighted by molar-refractivity contribution is 0.218. The van der Waals surface area contributed by atoms with E-state index < -0.39 is 11.6 Å². The highest BCUT2D eigenvalue weighted by molar-refractivity contribution is 6.56. The summed E-state index contributed by atoms with van der Waals surface area (Å²) >= 11 is 0. The summed E-state index contributed by atoms with van der Waals surface area (Å²) in [6.45, 7) is 3.65. The van der Waals surface area contributed by atoms with Gasteiger partial charge in [0, 0.05) is 50.4 Å². The van der Waals surface area contributed by atoms with E-state index in [-0.39, 0.29) is 5.43 Å². The van der Waals surface area contributed by atoms with Gasteiger partial charge < -0.3 is 14.4 Å². The Kier molecular flexibility index (Phi) is 3.87. The van der Waals surface area contributed by atoms with E-state index in [0.717, 1.165) is 0 Å². The van der Waals surface area contributed by atoms with E-state index in [1.807, 2.05) is 16.5 Å². The number of aryl methyl sites for hydroxylation is 2. The fourth-order valence-corrected chi connectivity index (χ4v) is 3.07. The number of carbonyl (C=O) groups is 1. The summed E-state index contributed by atoms with van der Waals surface area (Å²) in [5.74, 6) is -0.880. The number of hydrogen-bond acceptors (Lipinski definition) is 3. The van der Waals surface area contributed by atoms with Crippen LogP contribution in [0.15, 0.2) is 23.1 Å². The maximum atomic E-state index is 14.5. The molecule has 1 fully saturated rings. The number of pyridine rings is 1. The molecule has 0 bridgehead atoms. The van der Waals surface area contributed by atoms with Gasteiger partial charge in [-0.05, 0) is 19.1 Å². The predicted octanol–water partition coefficient (Wildman–Crippen LogP) is 1.40. The molecule has 2 aromatic rings. The molecule has 0 spiro atoms. The molecule has 2 heterocycles. The van der Waals surface area contributed by atoms with Crippen LogP contribution in [0.1, 0.15) is 5.56 Å². The zero-order chi connectivity index (χ0) is 16.7. The normalized spacial score (nSPS) is 15.3. The predicted molar refractivity (Wildman–Crippen MR) is 88.8 cm³/mol. The van der Waals surface area contributed by atoms with Crippen molar-refractivity contribution in [2.75, 3.05) is 31.1 Å². The summed E-state index contributed by atoms with van der Waals surface area (Å²) in [6, 6.07) is 3.01. The third kappa shape index (κ3) is 2.71. The molecule has 23 heavy (non-hydrogen) atoms. The second kappa shape index (κ2) is 5.72. The van der Waals surface area contributed by atoms with Gasteiger partial charge in [0.25, 0.3) is 0 Å². The van der Waals surface area contributed by atoms with Crippen molar-refractivity contribution >= 4 is 30.2 Å². The van der Waals surface area contributed by atoms with Crippen molar-refractivity contribution in [2.24, 2.45) is 7.05 Å². The van der Waals surface area contributed by atoms with Crippen LogP contribution < -0.4 is 10.3 Å². The molecule has 0 unspecified atom stereocenters. The average Bonchev–Trinajstić information content (AvgIpc) is 2.52. The Hall–Kier alpha value is -2.31. The number of nitrogens with zero attached hydrogens (tertiary/aromatic N) is 3. The van der Waals surface area contributed by atoms with E-state index in [1.165, 1.54) is 11.0 Å². The van der Waals surface area contributed by atoms with Crippen molar-refractivity contribution in [1.82, 2.24) is 9.47 Å². The number of halogens is 1. The Morgan fingerprint density at radius 2 is 1.87 bits per heavy atom. The molecule has 118 valence electrons. The van der Waals surface area contributed by atoms with Gasteiger partial charge in [-0.1, -0.05) is 0 Å². The SMILES string of the molecule is [B]C(=O)N1CCN(c2cc3c(cc2F)c(=O)c(C)cn3C)CC1. The minimum absolute atomic E-state index is 0.151. The van der Waals surface area contributed by atoms with E-state index in [9.17, 15) is 14.0 Å².